The van der Waals surface area contributed by atoms with Crippen LogP contribution in [0, 0.1) is 0 Å². The highest BCUT2D eigenvalue weighted by atomic mass is 15.2. The summed E-state index contributed by atoms with van der Waals surface area (Å²) >= 11 is 0. The summed E-state index contributed by atoms with van der Waals surface area (Å²) < 4.78 is 0. The second-order valence-electron chi connectivity index (χ2n) is 9.28. The maximum Gasteiger partial charge on any atom is 0.157 e. The summed E-state index contributed by atoms with van der Waals surface area (Å²) in [7, 11) is 2.18. The third kappa shape index (κ3) is 3.52. The number of aromatic nitrogens is 5. The smallest absolute Gasteiger partial charge is 0.157 e. The van der Waals surface area contributed by atoms with Crippen LogP contribution in [0.3, 0.4) is 0 Å². The van der Waals surface area contributed by atoms with Gasteiger partial charge in [-0.15, -0.1) is 0 Å². The Labute approximate surface area is 202 Å². The van der Waals surface area contributed by atoms with E-state index in [1.54, 1.807) is 0 Å². The number of aromatic amines is 2. The zero-order valence-electron chi connectivity index (χ0n) is 19.5. The molecule has 6 aromatic rings. The Balaban J connectivity index is 1.24. The van der Waals surface area contributed by atoms with E-state index < -0.39 is 0 Å². The first-order chi connectivity index (χ1) is 17.2. The van der Waals surface area contributed by atoms with Crippen molar-refractivity contribution < 1.29 is 0 Å². The second-order valence-corrected chi connectivity index (χ2v) is 9.28. The van der Waals surface area contributed by atoms with Crippen LogP contribution in [-0.2, 0) is 0 Å². The molecule has 7 rings (SSSR count). The number of hydrogen-bond acceptors (Lipinski definition) is 5. The average molecular weight is 460 g/mol. The lowest BCUT2D eigenvalue weighted by Crippen LogP contribution is -2.44. The number of pyridine rings is 1. The maximum absolute atomic E-state index is 4.92. The van der Waals surface area contributed by atoms with Crippen LogP contribution in [0.5, 0.6) is 0 Å². The molecule has 172 valence electrons. The molecule has 0 unspecified atom stereocenters. The number of anilines is 1. The van der Waals surface area contributed by atoms with Crippen molar-refractivity contribution in [3.63, 3.8) is 0 Å². The van der Waals surface area contributed by atoms with E-state index in [1.807, 2.05) is 24.4 Å². The number of nitrogens with zero attached hydrogens (tertiary/aromatic N) is 5. The van der Waals surface area contributed by atoms with E-state index in [2.05, 4.69) is 80.3 Å². The van der Waals surface area contributed by atoms with Gasteiger partial charge in [0.15, 0.2) is 5.82 Å². The molecule has 2 N–H and O–H groups in total. The molecule has 0 bridgehead atoms. The summed E-state index contributed by atoms with van der Waals surface area (Å²) in [6.45, 7) is 4.26. The maximum atomic E-state index is 4.92. The van der Waals surface area contributed by atoms with Crippen LogP contribution in [0.15, 0.2) is 72.9 Å². The van der Waals surface area contributed by atoms with Crippen molar-refractivity contribution in [1.82, 2.24) is 29.8 Å². The van der Waals surface area contributed by atoms with E-state index >= 15 is 0 Å². The first kappa shape index (κ1) is 20.2. The standard InChI is InChI=1S/C28H25N7/c1-34-12-14-35(15-13-34)20-7-9-23-25(17-20)32-27(30-23)19-6-8-22-24(16-19)33-28(31-22)26-21-5-3-2-4-18(21)10-11-29-26/h2-11,16-17H,12-15H2,1H3,(H,30,32)(H,31,33). The van der Waals surface area contributed by atoms with Crippen molar-refractivity contribution in [3.05, 3.63) is 72.9 Å². The third-order valence-electron chi connectivity index (χ3n) is 6.99. The summed E-state index contributed by atoms with van der Waals surface area (Å²) in [5.74, 6) is 1.63. The van der Waals surface area contributed by atoms with Crippen LogP contribution < -0.4 is 4.90 Å². The lowest BCUT2D eigenvalue weighted by Gasteiger charge is -2.34. The fourth-order valence-electron chi connectivity index (χ4n) is 4.97. The summed E-state index contributed by atoms with van der Waals surface area (Å²) in [6.07, 6.45) is 1.83. The third-order valence-corrected chi connectivity index (χ3v) is 6.99. The number of H-pyrrole nitrogens is 2. The second kappa shape index (κ2) is 7.92. The molecule has 7 nitrogen and oxygen atoms in total. The van der Waals surface area contributed by atoms with Crippen LogP contribution in [0.2, 0.25) is 0 Å². The van der Waals surface area contributed by atoms with Gasteiger partial charge in [-0.1, -0.05) is 24.3 Å². The first-order valence-corrected chi connectivity index (χ1v) is 12.0. The molecule has 0 spiro atoms. The Bertz CT molecular complexity index is 1680. The molecular weight excluding hydrogens is 434 g/mol. The fraction of sp³-hybridized carbons (Fsp3) is 0.179. The molecule has 3 aromatic heterocycles. The number of likely N-dealkylation sites (N-methyl/N-ethyl adjacent to an activating group) is 1. The van der Waals surface area contributed by atoms with E-state index in [-0.39, 0.29) is 0 Å². The predicted octanol–water partition coefficient (Wildman–Crippen LogP) is 5.07. The number of hydrogen-bond donors (Lipinski definition) is 2. The number of rotatable bonds is 3. The van der Waals surface area contributed by atoms with E-state index in [1.165, 1.54) is 5.69 Å². The Kier molecular flexibility index (Phi) is 4.57. The van der Waals surface area contributed by atoms with Gasteiger partial charge in [0.2, 0.25) is 0 Å². The molecule has 0 saturated carbocycles. The van der Waals surface area contributed by atoms with E-state index in [4.69, 9.17) is 9.97 Å². The minimum absolute atomic E-state index is 0.773. The van der Waals surface area contributed by atoms with Gasteiger partial charge in [-0.2, -0.15) is 0 Å². The van der Waals surface area contributed by atoms with E-state index in [9.17, 15) is 0 Å². The Morgan fingerprint density at radius 3 is 2.37 bits per heavy atom. The highest BCUT2D eigenvalue weighted by Crippen LogP contribution is 2.29. The highest BCUT2D eigenvalue weighted by molar-refractivity contribution is 5.95. The number of benzene rings is 3. The van der Waals surface area contributed by atoms with Gasteiger partial charge >= 0.3 is 0 Å². The van der Waals surface area contributed by atoms with Gasteiger partial charge in [-0.25, -0.2) is 9.97 Å². The normalized spacial score (nSPS) is 14.9. The zero-order chi connectivity index (χ0) is 23.4. The molecular formula is C28H25N7. The van der Waals surface area contributed by atoms with Crippen LogP contribution in [0.25, 0.3) is 55.7 Å². The van der Waals surface area contributed by atoms with Crippen LogP contribution in [-0.4, -0.2) is 63.0 Å². The van der Waals surface area contributed by atoms with Crippen molar-refractivity contribution in [1.29, 1.82) is 0 Å². The zero-order valence-corrected chi connectivity index (χ0v) is 19.5. The average Bonchev–Trinajstić information content (AvgIpc) is 3.52. The summed E-state index contributed by atoms with van der Waals surface area (Å²) in [6, 6.07) is 23.0. The van der Waals surface area contributed by atoms with Crippen LogP contribution in [0.4, 0.5) is 5.69 Å². The summed E-state index contributed by atoms with van der Waals surface area (Å²) in [4.78, 5) is 26.2. The number of fused-ring (bicyclic) bond motifs is 3. The largest absolute Gasteiger partial charge is 0.369 e. The Morgan fingerprint density at radius 2 is 1.49 bits per heavy atom. The predicted molar refractivity (Wildman–Crippen MR) is 142 cm³/mol. The van der Waals surface area contributed by atoms with Crippen molar-refractivity contribution in [2.24, 2.45) is 0 Å². The molecule has 1 aliphatic heterocycles. The molecule has 35 heavy (non-hydrogen) atoms. The monoisotopic (exact) mass is 459 g/mol. The molecule has 7 heteroatoms. The van der Waals surface area contributed by atoms with Gasteiger partial charge in [-0.05, 0) is 54.9 Å². The van der Waals surface area contributed by atoms with Gasteiger partial charge in [-0.3, -0.25) is 4.98 Å². The number of nitrogens with one attached hydrogen (secondary N) is 2. The Hall–Kier alpha value is -4.23. The fourth-order valence-corrected chi connectivity index (χ4v) is 4.97. The van der Waals surface area contributed by atoms with Crippen LogP contribution >= 0.6 is 0 Å². The molecule has 1 aliphatic rings. The van der Waals surface area contributed by atoms with Gasteiger partial charge < -0.3 is 19.8 Å². The Morgan fingerprint density at radius 1 is 0.743 bits per heavy atom. The molecule has 3 aromatic carbocycles. The molecule has 0 atom stereocenters. The molecule has 0 amide bonds. The topological polar surface area (TPSA) is 76.7 Å². The number of piperazine rings is 1. The lowest BCUT2D eigenvalue weighted by molar-refractivity contribution is 0.313. The van der Waals surface area contributed by atoms with Gasteiger partial charge in [0.05, 0.1) is 22.1 Å². The van der Waals surface area contributed by atoms with E-state index in [0.29, 0.717) is 0 Å². The highest BCUT2D eigenvalue weighted by Gasteiger charge is 2.16. The SMILES string of the molecule is CN1CCN(c2ccc3[nH]c(-c4ccc5[nH]c(-c6nccc7ccccc67)nc5c4)nc3c2)CC1. The summed E-state index contributed by atoms with van der Waals surface area (Å²) in [5, 5.41) is 2.24. The quantitative estimate of drug-likeness (QED) is 0.386. The summed E-state index contributed by atoms with van der Waals surface area (Å²) in [5.41, 5.74) is 7.01. The lowest BCUT2D eigenvalue weighted by atomic mass is 10.1. The van der Waals surface area contributed by atoms with Crippen LogP contribution in [0.1, 0.15) is 0 Å². The molecule has 0 radical (unpaired) electrons. The number of imidazole rings is 2. The minimum atomic E-state index is 0.773. The minimum Gasteiger partial charge on any atom is -0.369 e. The first-order valence-electron chi connectivity index (χ1n) is 12.0. The van der Waals surface area contributed by atoms with Gasteiger partial charge in [0.25, 0.3) is 0 Å². The van der Waals surface area contributed by atoms with Gasteiger partial charge in [0.1, 0.15) is 11.5 Å². The van der Waals surface area contributed by atoms with E-state index in [0.717, 1.165) is 81.9 Å². The molecule has 1 saturated heterocycles. The van der Waals surface area contributed by atoms with Gasteiger partial charge in [0, 0.05) is 49.0 Å². The molecule has 1 fully saturated rings. The van der Waals surface area contributed by atoms with Crippen molar-refractivity contribution in [3.8, 4) is 22.9 Å². The van der Waals surface area contributed by atoms with Crippen molar-refractivity contribution in [2.45, 2.75) is 0 Å². The van der Waals surface area contributed by atoms with Crippen molar-refractivity contribution >= 4 is 38.5 Å². The molecule has 4 heterocycles. The van der Waals surface area contributed by atoms with Crippen molar-refractivity contribution in [2.75, 3.05) is 38.1 Å². The molecule has 0 aliphatic carbocycles.